The molecule has 2 aromatic rings. The first-order valence-corrected chi connectivity index (χ1v) is 11.0. The third-order valence-electron chi connectivity index (χ3n) is 5.04. The van der Waals surface area contributed by atoms with Crippen molar-refractivity contribution in [2.24, 2.45) is 5.92 Å². The van der Waals surface area contributed by atoms with Gasteiger partial charge in [0.15, 0.2) is 5.78 Å². The predicted octanol–water partition coefficient (Wildman–Crippen LogP) is 6.33. The van der Waals surface area contributed by atoms with Crippen molar-refractivity contribution in [3.05, 3.63) is 64.7 Å². The first kappa shape index (κ1) is 23.2. The third kappa shape index (κ3) is 6.74. The summed E-state index contributed by atoms with van der Waals surface area (Å²) in [5, 5.41) is 0. The van der Waals surface area contributed by atoms with Gasteiger partial charge in [-0.2, -0.15) is 0 Å². The highest BCUT2D eigenvalue weighted by Crippen LogP contribution is 2.23. The number of ketones is 1. The van der Waals surface area contributed by atoms with Gasteiger partial charge >= 0.3 is 5.97 Å². The van der Waals surface area contributed by atoms with E-state index >= 15 is 0 Å². The minimum absolute atomic E-state index is 0.0323. The van der Waals surface area contributed by atoms with Crippen LogP contribution in [0.5, 0.6) is 0 Å². The minimum Gasteiger partial charge on any atom is -0.459 e. The fourth-order valence-corrected chi connectivity index (χ4v) is 3.85. The van der Waals surface area contributed by atoms with Gasteiger partial charge in [-0.25, -0.2) is 4.79 Å². The Kier molecular flexibility index (Phi) is 8.97. The molecule has 0 saturated heterocycles. The van der Waals surface area contributed by atoms with Crippen LogP contribution in [0.2, 0.25) is 0 Å². The summed E-state index contributed by atoms with van der Waals surface area (Å²) in [4.78, 5) is 25.9. The van der Waals surface area contributed by atoms with Crippen LogP contribution in [0.15, 0.2) is 47.4 Å². The normalized spacial score (nSPS) is 13.0. The quantitative estimate of drug-likeness (QED) is 0.281. The molecule has 0 aliphatic carbocycles. The topological polar surface area (TPSA) is 43.4 Å². The number of aryl methyl sites for hydroxylation is 2. The van der Waals surface area contributed by atoms with Gasteiger partial charge in [0.1, 0.15) is 6.10 Å². The fraction of sp³-hybridized carbons (Fsp3) is 0.440. The molecular weight excluding hydrogens is 380 g/mol. The monoisotopic (exact) mass is 412 g/mol. The van der Waals surface area contributed by atoms with E-state index in [1.54, 1.807) is 12.1 Å². The van der Waals surface area contributed by atoms with Crippen LogP contribution in [0.1, 0.15) is 78.8 Å². The number of rotatable bonds is 10. The van der Waals surface area contributed by atoms with Crippen LogP contribution in [0.3, 0.4) is 0 Å². The Morgan fingerprint density at radius 1 is 0.931 bits per heavy atom. The van der Waals surface area contributed by atoms with Crippen molar-refractivity contribution >= 4 is 24.4 Å². The molecule has 2 unspecified atom stereocenters. The number of carbonyl (C=O) groups is 2. The van der Waals surface area contributed by atoms with E-state index in [1.165, 1.54) is 11.1 Å². The van der Waals surface area contributed by atoms with Gasteiger partial charge in [0.05, 0.1) is 5.56 Å². The molecule has 0 heterocycles. The maximum Gasteiger partial charge on any atom is 0.338 e. The molecule has 0 aliphatic heterocycles. The van der Waals surface area contributed by atoms with E-state index in [1.807, 2.05) is 44.2 Å². The van der Waals surface area contributed by atoms with Gasteiger partial charge in [0.25, 0.3) is 0 Å². The van der Waals surface area contributed by atoms with Crippen molar-refractivity contribution in [3.63, 3.8) is 0 Å². The Balaban J connectivity index is 1.94. The first-order valence-electron chi connectivity index (χ1n) is 10.5. The van der Waals surface area contributed by atoms with E-state index in [0.29, 0.717) is 22.4 Å². The number of hydrogen-bond acceptors (Lipinski definition) is 4. The van der Waals surface area contributed by atoms with E-state index in [-0.39, 0.29) is 23.8 Å². The lowest BCUT2D eigenvalue weighted by Crippen LogP contribution is -2.22. The first-order chi connectivity index (χ1) is 13.8. The van der Waals surface area contributed by atoms with E-state index < -0.39 is 0 Å². The Labute approximate surface area is 180 Å². The second-order valence-electron chi connectivity index (χ2n) is 7.77. The lowest BCUT2D eigenvalue weighted by Gasteiger charge is -2.18. The summed E-state index contributed by atoms with van der Waals surface area (Å²) in [6.45, 7) is 7.96. The number of Topliss-reactive ketones (excluding diaryl/α,β-unsaturated/α-hetero) is 1. The molecule has 2 rings (SSSR count). The number of carbonyl (C=O) groups excluding carboxylic acids is 2. The second-order valence-corrected chi connectivity index (χ2v) is 8.25. The van der Waals surface area contributed by atoms with Gasteiger partial charge in [-0.1, -0.05) is 57.9 Å². The number of ether oxygens (including phenoxy) is 1. The van der Waals surface area contributed by atoms with Crippen LogP contribution < -0.4 is 0 Å². The van der Waals surface area contributed by atoms with Crippen LogP contribution in [0, 0.1) is 5.92 Å². The number of thiol groups is 1. The SMILES string of the molecule is CCCc1ccc(C(=O)OC(C)CC(C)C(=O)c2ccc(CCC)cc2S)cc1. The summed E-state index contributed by atoms with van der Waals surface area (Å²) in [6.07, 6.45) is 4.23. The lowest BCUT2D eigenvalue weighted by atomic mass is 9.93. The van der Waals surface area contributed by atoms with E-state index in [2.05, 4.69) is 26.5 Å². The largest absolute Gasteiger partial charge is 0.459 e. The molecule has 0 aromatic heterocycles. The second kappa shape index (κ2) is 11.2. The highest BCUT2D eigenvalue weighted by atomic mass is 32.1. The van der Waals surface area contributed by atoms with Crippen LogP contribution in [-0.2, 0) is 17.6 Å². The molecule has 0 radical (unpaired) electrons. The Morgan fingerprint density at radius 3 is 2.10 bits per heavy atom. The third-order valence-corrected chi connectivity index (χ3v) is 5.41. The Morgan fingerprint density at radius 2 is 1.52 bits per heavy atom. The molecule has 0 fully saturated rings. The standard InChI is InChI=1S/C25H32O3S/c1-5-7-19-9-12-21(13-10-19)25(27)28-18(4)15-17(3)24(26)22-14-11-20(8-6-2)16-23(22)29/h9-14,16-18,29H,5-8,15H2,1-4H3. The lowest BCUT2D eigenvalue weighted by molar-refractivity contribution is 0.0289. The predicted molar refractivity (Wildman–Crippen MR) is 121 cm³/mol. The summed E-state index contributed by atoms with van der Waals surface area (Å²) in [5.74, 6) is -0.573. The van der Waals surface area contributed by atoms with Gasteiger partial charge in [-0.15, -0.1) is 12.6 Å². The summed E-state index contributed by atoms with van der Waals surface area (Å²) in [7, 11) is 0. The molecule has 2 aromatic carbocycles. The fourth-order valence-electron chi connectivity index (χ4n) is 3.50. The van der Waals surface area contributed by atoms with Crippen molar-refractivity contribution in [1.29, 1.82) is 0 Å². The molecule has 3 nitrogen and oxygen atoms in total. The summed E-state index contributed by atoms with van der Waals surface area (Å²) >= 11 is 4.51. The molecule has 0 N–H and O–H groups in total. The Hall–Kier alpha value is -2.07. The van der Waals surface area contributed by atoms with Crippen molar-refractivity contribution in [3.8, 4) is 0 Å². The van der Waals surface area contributed by atoms with Gasteiger partial charge in [-0.05, 0) is 55.5 Å². The van der Waals surface area contributed by atoms with E-state index in [9.17, 15) is 9.59 Å². The highest BCUT2D eigenvalue weighted by molar-refractivity contribution is 7.80. The summed E-state index contributed by atoms with van der Waals surface area (Å²) in [5.41, 5.74) is 3.57. The van der Waals surface area contributed by atoms with Gasteiger partial charge in [0, 0.05) is 16.4 Å². The van der Waals surface area contributed by atoms with E-state index in [4.69, 9.17) is 4.74 Å². The van der Waals surface area contributed by atoms with Gasteiger partial charge < -0.3 is 4.74 Å². The van der Waals surface area contributed by atoms with Crippen molar-refractivity contribution < 1.29 is 14.3 Å². The molecule has 156 valence electrons. The minimum atomic E-state index is -0.348. The maximum absolute atomic E-state index is 12.8. The molecule has 0 spiro atoms. The summed E-state index contributed by atoms with van der Waals surface area (Å²) in [6, 6.07) is 13.4. The van der Waals surface area contributed by atoms with Gasteiger partial charge in [0.2, 0.25) is 0 Å². The van der Waals surface area contributed by atoms with Crippen molar-refractivity contribution in [1.82, 2.24) is 0 Å². The molecule has 0 amide bonds. The molecule has 4 heteroatoms. The number of benzene rings is 2. The molecule has 0 aliphatic rings. The Bertz CT molecular complexity index is 826. The zero-order valence-corrected chi connectivity index (χ0v) is 18.8. The van der Waals surface area contributed by atoms with Crippen LogP contribution in [0.4, 0.5) is 0 Å². The molecule has 2 atom stereocenters. The highest BCUT2D eigenvalue weighted by Gasteiger charge is 2.22. The van der Waals surface area contributed by atoms with Gasteiger partial charge in [-0.3, -0.25) is 4.79 Å². The smallest absolute Gasteiger partial charge is 0.338 e. The zero-order chi connectivity index (χ0) is 21.4. The van der Waals surface area contributed by atoms with Crippen LogP contribution >= 0.6 is 12.6 Å². The zero-order valence-electron chi connectivity index (χ0n) is 17.9. The summed E-state index contributed by atoms with van der Waals surface area (Å²) < 4.78 is 5.56. The number of hydrogen-bond donors (Lipinski definition) is 1. The number of esters is 1. The van der Waals surface area contributed by atoms with E-state index in [0.717, 1.165) is 25.7 Å². The van der Waals surface area contributed by atoms with Crippen molar-refractivity contribution in [2.45, 2.75) is 70.8 Å². The van der Waals surface area contributed by atoms with Crippen LogP contribution in [-0.4, -0.2) is 17.9 Å². The molecule has 29 heavy (non-hydrogen) atoms. The average molecular weight is 413 g/mol. The molecular formula is C25H32O3S. The maximum atomic E-state index is 12.8. The molecule has 0 bridgehead atoms. The van der Waals surface area contributed by atoms with Crippen LogP contribution in [0.25, 0.3) is 0 Å². The molecule has 0 saturated carbocycles. The van der Waals surface area contributed by atoms with Crippen molar-refractivity contribution in [2.75, 3.05) is 0 Å². The average Bonchev–Trinajstić information content (AvgIpc) is 2.68.